The summed E-state index contributed by atoms with van der Waals surface area (Å²) in [6.45, 7) is 5.34. The summed E-state index contributed by atoms with van der Waals surface area (Å²) in [6.07, 6.45) is 0.955. The molecule has 0 saturated heterocycles. The molecule has 2 N–H and O–H groups in total. The van der Waals surface area contributed by atoms with Gasteiger partial charge in [-0.05, 0) is 60.5 Å². The lowest BCUT2D eigenvalue weighted by Crippen LogP contribution is -2.34. The van der Waals surface area contributed by atoms with Crippen LogP contribution < -0.4 is 20.1 Å². The molecule has 0 atom stereocenters. The molecule has 0 spiro atoms. The molecule has 166 valence electrons. The number of rotatable bonds is 9. The second kappa shape index (κ2) is 11.9. The van der Waals surface area contributed by atoms with Gasteiger partial charge in [0.15, 0.2) is 5.11 Å². The van der Waals surface area contributed by atoms with E-state index < -0.39 is 0 Å². The fourth-order valence-electron chi connectivity index (χ4n) is 2.90. The van der Waals surface area contributed by atoms with Crippen molar-refractivity contribution in [2.24, 2.45) is 5.92 Å². The summed E-state index contributed by atoms with van der Waals surface area (Å²) < 4.78 is 11.7. The molecule has 5 nitrogen and oxygen atoms in total. The number of anilines is 1. The highest BCUT2D eigenvalue weighted by Crippen LogP contribution is 2.24. The molecule has 0 saturated carbocycles. The molecule has 32 heavy (non-hydrogen) atoms. The molecular weight excluding hydrogens is 420 g/mol. The van der Waals surface area contributed by atoms with Crippen molar-refractivity contribution in [3.63, 3.8) is 0 Å². The third-order valence-corrected chi connectivity index (χ3v) is 4.86. The zero-order valence-corrected chi connectivity index (χ0v) is 19.2. The lowest BCUT2D eigenvalue weighted by atomic mass is 10.1. The van der Waals surface area contributed by atoms with E-state index in [1.165, 1.54) is 0 Å². The third kappa shape index (κ3) is 7.39. The second-order valence-corrected chi connectivity index (χ2v) is 8.15. The molecule has 1 amide bonds. The number of hydrogen-bond acceptors (Lipinski definition) is 4. The van der Waals surface area contributed by atoms with Gasteiger partial charge >= 0.3 is 0 Å². The fraction of sp³-hybridized carbons (Fsp3) is 0.231. The van der Waals surface area contributed by atoms with Crippen LogP contribution in [-0.4, -0.2) is 17.6 Å². The van der Waals surface area contributed by atoms with Crippen LogP contribution in [0.2, 0.25) is 0 Å². The largest absolute Gasteiger partial charge is 0.494 e. The smallest absolute Gasteiger partial charge is 0.257 e. The van der Waals surface area contributed by atoms with Crippen molar-refractivity contribution in [3.05, 3.63) is 90.0 Å². The summed E-state index contributed by atoms with van der Waals surface area (Å²) in [7, 11) is 0. The number of thiocarbonyl (C=S) groups is 1. The first-order valence-corrected chi connectivity index (χ1v) is 11.0. The summed E-state index contributed by atoms with van der Waals surface area (Å²) in [5.41, 5.74) is 2.22. The van der Waals surface area contributed by atoms with Gasteiger partial charge in [-0.25, -0.2) is 0 Å². The predicted octanol–water partition coefficient (Wildman–Crippen LogP) is 5.82. The van der Waals surface area contributed by atoms with Gasteiger partial charge in [-0.3, -0.25) is 10.1 Å². The average Bonchev–Trinajstić information content (AvgIpc) is 2.79. The molecule has 0 aromatic heterocycles. The molecular formula is C26H28N2O3S. The van der Waals surface area contributed by atoms with Gasteiger partial charge in [0.25, 0.3) is 5.91 Å². The van der Waals surface area contributed by atoms with Crippen LogP contribution in [0.15, 0.2) is 78.9 Å². The number of amides is 1. The Bertz CT molecular complexity index is 1040. The molecule has 6 heteroatoms. The minimum absolute atomic E-state index is 0.192. The van der Waals surface area contributed by atoms with Crippen LogP contribution in [0.4, 0.5) is 5.69 Å². The van der Waals surface area contributed by atoms with Crippen LogP contribution in [0.3, 0.4) is 0 Å². The zero-order chi connectivity index (χ0) is 22.8. The Kier molecular flexibility index (Phi) is 8.63. The number of carbonyl (C=O) groups is 1. The molecule has 0 fully saturated rings. The van der Waals surface area contributed by atoms with Gasteiger partial charge in [-0.15, -0.1) is 0 Å². The van der Waals surface area contributed by atoms with Gasteiger partial charge in [0.2, 0.25) is 0 Å². The highest BCUT2D eigenvalue weighted by molar-refractivity contribution is 7.80. The highest BCUT2D eigenvalue weighted by Gasteiger charge is 2.11. The molecule has 0 unspecified atom stereocenters. The van der Waals surface area contributed by atoms with Crippen LogP contribution in [0, 0.1) is 5.92 Å². The second-order valence-electron chi connectivity index (χ2n) is 7.74. The van der Waals surface area contributed by atoms with E-state index in [9.17, 15) is 4.79 Å². The quantitative estimate of drug-likeness (QED) is 0.404. The van der Waals surface area contributed by atoms with Crippen molar-refractivity contribution >= 4 is 28.9 Å². The fourth-order valence-corrected chi connectivity index (χ4v) is 3.10. The maximum atomic E-state index is 12.6. The van der Waals surface area contributed by atoms with Crippen LogP contribution in [0.5, 0.6) is 11.5 Å². The number of hydrogen-bond donors (Lipinski definition) is 2. The zero-order valence-electron chi connectivity index (χ0n) is 18.3. The molecule has 0 aliphatic rings. The summed E-state index contributed by atoms with van der Waals surface area (Å²) in [5.74, 6) is 1.56. The molecule has 3 aromatic carbocycles. The van der Waals surface area contributed by atoms with Crippen LogP contribution in [0.1, 0.15) is 36.2 Å². The SMILES string of the molecule is CC(C)CCOc1cccc(C(=O)NC(=S)Nc2ccccc2OCc2ccccc2)c1. The van der Waals surface area contributed by atoms with E-state index in [2.05, 4.69) is 24.5 Å². The number of nitrogens with one attached hydrogen (secondary N) is 2. The van der Waals surface area contributed by atoms with E-state index >= 15 is 0 Å². The molecule has 0 bridgehead atoms. The minimum atomic E-state index is -0.306. The van der Waals surface area contributed by atoms with E-state index in [1.807, 2.05) is 60.7 Å². The highest BCUT2D eigenvalue weighted by atomic mass is 32.1. The topological polar surface area (TPSA) is 59.6 Å². The average molecular weight is 449 g/mol. The Morgan fingerprint density at radius 2 is 1.69 bits per heavy atom. The molecule has 0 heterocycles. The Balaban J connectivity index is 1.57. The van der Waals surface area contributed by atoms with Gasteiger partial charge in [0.05, 0.1) is 12.3 Å². The summed E-state index contributed by atoms with van der Waals surface area (Å²) in [4.78, 5) is 12.6. The molecule has 3 aromatic rings. The monoisotopic (exact) mass is 448 g/mol. The van der Waals surface area contributed by atoms with Crippen molar-refractivity contribution < 1.29 is 14.3 Å². The van der Waals surface area contributed by atoms with E-state index in [1.54, 1.807) is 18.2 Å². The maximum absolute atomic E-state index is 12.6. The van der Waals surface area contributed by atoms with Crippen LogP contribution in [-0.2, 0) is 6.61 Å². The number of ether oxygens (including phenoxy) is 2. The van der Waals surface area contributed by atoms with E-state index in [-0.39, 0.29) is 11.0 Å². The van der Waals surface area contributed by atoms with Crippen molar-refractivity contribution in [2.45, 2.75) is 26.9 Å². The van der Waals surface area contributed by atoms with Gasteiger partial charge in [0.1, 0.15) is 18.1 Å². The molecule has 0 aliphatic carbocycles. The van der Waals surface area contributed by atoms with E-state index in [4.69, 9.17) is 21.7 Å². The van der Waals surface area contributed by atoms with Gasteiger partial charge in [-0.1, -0.05) is 62.4 Å². The van der Waals surface area contributed by atoms with Crippen molar-refractivity contribution in [1.29, 1.82) is 0 Å². The maximum Gasteiger partial charge on any atom is 0.257 e. The van der Waals surface area contributed by atoms with Crippen molar-refractivity contribution in [2.75, 3.05) is 11.9 Å². The Labute approximate surface area is 194 Å². The first-order valence-electron chi connectivity index (χ1n) is 10.6. The first-order chi connectivity index (χ1) is 15.5. The standard InChI is InChI=1S/C26H28N2O3S/c1-19(2)15-16-30-22-12-8-11-21(17-22)25(29)28-26(32)27-23-13-6-7-14-24(23)31-18-20-9-4-3-5-10-20/h3-14,17,19H,15-16,18H2,1-2H3,(H2,27,28,29,32). The summed E-state index contributed by atoms with van der Waals surface area (Å²) >= 11 is 5.35. The number of carbonyl (C=O) groups excluding carboxylic acids is 1. The Morgan fingerprint density at radius 1 is 0.938 bits per heavy atom. The predicted molar refractivity (Wildman–Crippen MR) is 132 cm³/mol. The summed E-state index contributed by atoms with van der Waals surface area (Å²) in [6, 6.07) is 24.5. The molecule has 3 rings (SSSR count). The molecule has 0 aliphatic heterocycles. The van der Waals surface area contributed by atoms with Gasteiger partial charge < -0.3 is 14.8 Å². The van der Waals surface area contributed by atoms with Gasteiger partial charge in [-0.2, -0.15) is 0 Å². The van der Waals surface area contributed by atoms with E-state index in [0.717, 1.165) is 12.0 Å². The van der Waals surface area contributed by atoms with Crippen LogP contribution in [0.25, 0.3) is 0 Å². The van der Waals surface area contributed by atoms with Crippen LogP contribution >= 0.6 is 12.2 Å². The number of para-hydroxylation sites is 2. The van der Waals surface area contributed by atoms with Crippen molar-refractivity contribution in [3.8, 4) is 11.5 Å². The normalized spacial score (nSPS) is 10.5. The Hall–Kier alpha value is -3.38. The third-order valence-electron chi connectivity index (χ3n) is 4.66. The van der Waals surface area contributed by atoms with Crippen molar-refractivity contribution in [1.82, 2.24) is 5.32 Å². The first kappa shape index (κ1) is 23.3. The summed E-state index contributed by atoms with van der Waals surface area (Å²) in [5, 5.41) is 5.96. The molecule has 0 radical (unpaired) electrons. The van der Waals surface area contributed by atoms with E-state index in [0.29, 0.717) is 41.9 Å². The number of benzene rings is 3. The lowest BCUT2D eigenvalue weighted by molar-refractivity contribution is 0.0977. The lowest BCUT2D eigenvalue weighted by Gasteiger charge is -2.15. The minimum Gasteiger partial charge on any atom is -0.494 e. The van der Waals surface area contributed by atoms with Gasteiger partial charge in [0, 0.05) is 5.56 Å². The Morgan fingerprint density at radius 3 is 2.47 bits per heavy atom.